The van der Waals surface area contributed by atoms with Gasteiger partial charge in [0.05, 0.1) is 0 Å². The summed E-state index contributed by atoms with van der Waals surface area (Å²) >= 11 is 0. The molecule has 4 N–H and O–H groups in total. The van der Waals surface area contributed by atoms with E-state index >= 15 is 0 Å². The van der Waals surface area contributed by atoms with Crippen molar-refractivity contribution in [3.05, 3.63) is 0 Å². The van der Waals surface area contributed by atoms with Gasteiger partial charge in [0.15, 0.2) is 0 Å². The van der Waals surface area contributed by atoms with Gasteiger partial charge in [-0.3, -0.25) is 0 Å². The van der Waals surface area contributed by atoms with Gasteiger partial charge in [-0.15, -0.1) is 0 Å². The molecule has 0 aliphatic rings. The Hall–Kier alpha value is -2.15. The number of rotatable bonds is 0. The van der Waals surface area contributed by atoms with Crippen LogP contribution in [-0.4, -0.2) is 20.4 Å². The van der Waals surface area contributed by atoms with Crippen LogP contribution in [0, 0.1) is 46.1 Å². The standard InChI is InChI=1S/4CHNO.Mo/c4*2-1-3;/h4*3H;. The monoisotopic (exact) mass is 270 g/mol. The third-order valence-electron chi connectivity index (χ3n) is 0. The third-order valence-corrected chi connectivity index (χ3v) is 0. The van der Waals surface area contributed by atoms with Crippen molar-refractivity contribution < 1.29 is 41.5 Å². The number of nitrogens with zero attached hydrogens (tertiary/aromatic N) is 4. The zero-order valence-corrected chi connectivity index (χ0v) is 7.99. The van der Waals surface area contributed by atoms with Crippen molar-refractivity contribution in [3.8, 4) is 25.0 Å². The summed E-state index contributed by atoms with van der Waals surface area (Å²) in [5, 5.41) is 55.0. The van der Waals surface area contributed by atoms with Crippen LogP contribution in [-0.2, 0) is 21.1 Å². The van der Waals surface area contributed by atoms with Crippen molar-refractivity contribution in [2.24, 2.45) is 0 Å². The van der Waals surface area contributed by atoms with Crippen LogP contribution in [0.3, 0.4) is 0 Å². The van der Waals surface area contributed by atoms with Gasteiger partial charge in [0.1, 0.15) is 0 Å². The quantitative estimate of drug-likeness (QED) is 0.331. The van der Waals surface area contributed by atoms with Crippen molar-refractivity contribution in [2.75, 3.05) is 0 Å². The van der Waals surface area contributed by atoms with E-state index in [4.69, 9.17) is 41.5 Å². The predicted molar refractivity (Wildman–Crippen MR) is 30.2 cm³/mol. The maximum atomic E-state index is 6.88. The second kappa shape index (κ2) is 226. The zero-order valence-electron chi connectivity index (χ0n) is 5.99. The van der Waals surface area contributed by atoms with Gasteiger partial charge in [-0.1, -0.05) is 0 Å². The van der Waals surface area contributed by atoms with Crippen LogP contribution in [0.4, 0.5) is 0 Å². The van der Waals surface area contributed by atoms with E-state index in [0.717, 1.165) is 25.0 Å². The van der Waals surface area contributed by atoms with Gasteiger partial charge in [-0.25, -0.2) is 0 Å². The van der Waals surface area contributed by atoms with Gasteiger partial charge in [0.25, 0.3) is 25.0 Å². The Labute approximate surface area is 88.0 Å². The van der Waals surface area contributed by atoms with Gasteiger partial charge in [-0.2, -0.15) is 21.0 Å². The molecule has 0 aromatic heterocycles. The first kappa shape index (κ1) is 30.8. The van der Waals surface area contributed by atoms with Gasteiger partial charge in [-0.05, 0) is 0 Å². The first-order valence-corrected chi connectivity index (χ1v) is 1.79. The van der Waals surface area contributed by atoms with Gasteiger partial charge >= 0.3 is 0 Å². The summed E-state index contributed by atoms with van der Waals surface area (Å²) in [6.07, 6.45) is 3.00. The normalized spacial score (nSPS) is 2.15. The maximum Gasteiger partial charge on any atom is 0.283 e. The van der Waals surface area contributed by atoms with E-state index in [1.807, 2.05) is 0 Å². The molecule has 0 spiro atoms. The summed E-state index contributed by atoms with van der Waals surface area (Å²) in [5.74, 6) is 0. The smallest absolute Gasteiger partial charge is 0.283 e. The molecule has 0 amide bonds. The van der Waals surface area contributed by atoms with E-state index in [9.17, 15) is 0 Å². The van der Waals surface area contributed by atoms with Crippen LogP contribution in [0.2, 0.25) is 0 Å². The minimum atomic E-state index is 0. The van der Waals surface area contributed by atoms with Crippen LogP contribution >= 0.6 is 0 Å². The Morgan fingerprint density at radius 3 is 0.538 bits per heavy atom. The van der Waals surface area contributed by atoms with Gasteiger partial charge in [0, 0.05) is 21.1 Å². The van der Waals surface area contributed by atoms with Crippen LogP contribution < -0.4 is 0 Å². The van der Waals surface area contributed by atoms with E-state index in [-0.39, 0.29) is 21.1 Å². The summed E-state index contributed by atoms with van der Waals surface area (Å²) < 4.78 is 0. The average Bonchev–Trinajstić information content (AvgIpc) is 1.92. The molecule has 8 nitrogen and oxygen atoms in total. The molecule has 0 radical (unpaired) electrons. The van der Waals surface area contributed by atoms with Crippen LogP contribution in [0.25, 0.3) is 0 Å². The molecule has 0 unspecified atom stereocenters. The third kappa shape index (κ3) is 131. The molecule has 70 valence electrons. The van der Waals surface area contributed by atoms with E-state index in [1.165, 1.54) is 0 Å². The Morgan fingerprint density at radius 2 is 0.538 bits per heavy atom. The molecule has 13 heavy (non-hydrogen) atoms. The molecule has 0 fully saturated rings. The molecular formula is C4H4MoN4O4. The Kier molecular flexibility index (Phi) is 534. The van der Waals surface area contributed by atoms with Crippen LogP contribution in [0.15, 0.2) is 0 Å². The molecule has 0 aromatic rings. The Morgan fingerprint density at radius 1 is 0.538 bits per heavy atom. The molecule has 0 rings (SSSR count). The molecule has 0 aliphatic heterocycles. The van der Waals surface area contributed by atoms with Crippen molar-refractivity contribution in [1.82, 2.24) is 0 Å². The molecule has 0 aliphatic carbocycles. The van der Waals surface area contributed by atoms with Crippen molar-refractivity contribution in [3.63, 3.8) is 0 Å². The van der Waals surface area contributed by atoms with Gasteiger partial charge < -0.3 is 20.4 Å². The SMILES string of the molecule is N#CO.N#CO.N#CO.N#CO.[Mo]. The zero-order chi connectivity index (χ0) is 10.8. The number of hydrogen-bond donors (Lipinski definition) is 4. The number of aliphatic hydroxyl groups excluding tert-OH is 4. The maximum absolute atomic E-state index is 6.88. The fourth-order valence-electron chi connectivity index (χ4n) is 0. The van der Waals surface area contributed by atoms with Gasteiger partial charge in [0.2, 0.25) is 0 Å². The van der Waals surface area contributed by atoms with E-state index in [0.29, 0.717) is 0 Å². The summed E-state index contributed by atoms with van der Waals surface area (Å²) in [5.41, 5.74) is 0. The fraction of sp³-hybridized carbons (Fsp3) is 0. The fourth-order valence-corrected chi connectivity index (χ4v) is 0. The topological polar surface area (TPSA) is 176 Å². The molecule has 9 heteroatoms. The van der Waals surface area contributed by atoms with Crippen molar-refractivity contribution in [2.45, 2.75) is 0 Å². The molecular weight excluding hydrogens is 264 g/mol. The summed E-state index contributed by atoms with van der Waals surface area (Å²) in [6, 6.07) is 0. The number of hydrogen-bond acceptors (Lipinski definition) is 8. The van der Waals surface area contributed by atoms with Crippen molar-refractivity contribution in [1.29, 1.82) is 21.0 Å². The summed E-state index contributed by atoms with van der Waals surface area (Å²) in [7, 11) is 0. The van der Waals surface area contributed by atoms with E-state index in [2.05, 4.69) is 0 Å². The molecule has 0 heterocycles. The Bertz CT molecular complexity index is 158. The average molecular weight is 268 g/mol. The van der Waals surface area contributed by atoms with Crippen molar-refractivity contribution >= 4 is 0 Å². The Balaban J connectivity index is -0.0000000213. The largest absolute Gasteiger partial charge is 0.443 e. The summed E-state index contributed by atoms with van der Waals surface area (Å²) in [4.78, 5) is 0. The molecule has 0 saturated heterocycles. The number of aliphatic hydroxyl groups is 4. The van der Waals surface area contributed by atoms with E-state index < -0.39 is 0 Å². The molecule has 0 atom stereocenters. The molecule has 0 aromatic carbocycles. The van der Waals surface area contributed by atoms with Crippen LogP contribution in [0.5, 0.6) is 0 Å². The molecule has 0 bridgehead atoms. The second-order valence-electron chi connectivity index (χ2n) is 0.400. The first-order valence-electron chi connectivity index (χ1n) is 1.79. The van der Waals surface area contributed by atoms with Crippen LogP contribution in [0.1, 0.15) is 0 Å². The van der Waals surface area contributed by atoms with E-state index in [1.54, 1.807) is 0 Å². The predicted octanol–water partition coefficient (Wildman–Crippen LogP) is -0.643. The summed E-state index contributed by atoms with van der Waals surface area (Å²) in [6.45, 7) is 0. The molecule has 0 saturated carbocycles. The first-order chi connectivity index (χ1) is 5.66. The number of nitriles is 4. The second-order valence-corrected chi connectivity index (χ2v) is 0.400. The minimum absolute atomic E-state index is 0. The minimum Gasteiger partial charge on any atom is -0.443 e.